The third-order valence-corrected chi connectivity index (χ3v) is 3.67. The summed E-state index contributed by atoms with van der Waals surface area (Å²) in [7, 11) is 0. The second kappa shape index (κ2) is 7.51. The highest BCUT2D eigenvalue weighted by molar-refractivity contribution is 5.27. The maximum atomic E-state index is 6.26. The summed E-state index contributed by atoms with van der Waals surface area (Å²) < 4.78 is 5.45. The van der Waals surface area contributed by atoms with Crippen molar-refractivity contribution in [1.82, 2.24) is 4.90 Å². The van der Waals surface area contributed by atoms with E-state index in [9.17, 15) is 0 Å². The van der Waals surface area contributed by atoms with Crippen LogP contribution >= 0.6 is 0 Å². The Morgan fingerprint density at radius 3 is 2.47 bits per heavy atom. The SMILES string of the molecule is CCOc1ccc(CC(N)CN2CCCCC2)cc1. The molecule has 0 aliphatic carbocycles. The molecule has 2 N–H and O–H groups in total. The minimum absolute atomic E-state index is 0.232. The average Bonchev–Trinajstić information content (AvgIpc) is 2.42. The maximum absolute atomic E-state index is 6.26. The largest absolute Gasteiger partial charge is 0.494 e. The quantitative estimate of drug-likeness (QED) is 0.856. The molecule has 1 unspecified atom stereocenters. The molecule has 3 nitrogen and oxygen atoms in total. The van der Waals surface area contributed by atoms with Crippen molar-refractivity contribution in [3.8, 4) is 5.75 Å². The highest BCUT2D eigenvalue weighted by atomic mass is 16.5. The fourth-order valence-electron chi connectivity index (χ4n) is 2.73. The summed E-state index contributed by atoms with van der Waals surface area (Å²) in [6.07, 6.45) is 4.99. The van der Waals surface area contributed by atoms with Gasteiger partial charge in [-0.15, -0.1) is 0 Å². The molecule has 1 aromatic carbocycles. The Balaban J connectivity index is 1.78. The third-order valence-electron chi connectivity index (χ3n) is 3.67. The van der Waals surface area contributed by atoms with Gasteiger partial charge in [0.15, 0.2) is 0 Å². The summed E-state index contributed by atoms with van der Waals surface area (Å²) in [5.41, 5.74) is 7.56. The molecule has 1 heterocycles. The molecule has 1 atom stereocenters. The number of likely N-dealkylation sites (tertiary alicyclic amines) is 1. The molecular formula is C16H26N2O. The monoisotopic (exact) mass is 262 g/mol. The van der Waals surface area contributed by atoms with Crippen molar-refractivity contribution in [3.63, 3.8) is 0 Å². The number of ether oxygens (including phenoxy) is 1. The summed E-state index contributed by atoms with van der Waals surface area (Å²) in [6, 6.07) is 8.55. The Kier molecular flexibility index (Phi) is 5.67. The van der Waals surface area contributed by atoms with Crippen LogP contribution in [0.5, 0.6) is 5.75 Å². The van der Waals surface area contributed by atoms with Crippen LogP contribution in [0.2, 0.25) is 0 Å². The van der Waals surface area contributed by atoms with Gasteiger partial charge in [-0.05, 0) is 57.0 Å². The second-order valence-electron chi connectivity index (χ2n) is 5.40. The van der Waals surface area contributed by atoms with Gasteiger partial charge in [-0.1, -0.05) is 18.6 Å². The highest BCUT2D eigenvalue weighted by Crippen LogP contribution is 2.14. The zero-order chi connectivity index (χ0) is 13.5. The van der Waals surface area contributed by atoms with E-state index in [1.165, 1.54) is 37.9 Å². The Labute approximate surface area is 116 Å². The van der Waals surface area contributed by atoms with Crippen LogP contribution < -0.4 is 10.5 Å². The summed E-state index contributed by atoms with van der Waals surface area (Å²) >= 11 is 0. The molecule has 1 aromatic rings. The lowest BCUT2D eigenvalue weighted by atomic mass is 10.0. The summed E-state index contributed by atoms with van der Waals surface area (Å²) in [6.45, 7) is 6.18. The van der Waals surface area contributed by atoms with Crippen LogP contribution in [0.25, 0.3) is 0 Å². The van der Waals surface area contributed by atoms with Gasteiger partial charge in [-0.25, -0.2) is 0 Å². The number of hydrogen-bond donors (Lipinski definition) is 1. The number of piperidine rings is 1. The van der Waals surface area contributed by atoms with E-state index in [1.54, 1.807) is 0 Å². The molecule has 2 rings (SSSR count). The van der Waals surface area contributed by atoms with Gasteiger partial charge < -0.3 is 15.4 Å². The van der Waals surface area contributed by atoms with Crippen LogP contribution in [-0.4, -0.2) is 37.2 Å². The van der Waals surface area contributed by atoms with Gasteiger partial charge >= 0.3 is 0 Å². The molecule has 3 heteroatoms. The smallest absolute Gasteiger partial charge is 0.119 e. The van der Waals surface area contributed by atoms with E-state index in [0.717, 1.165) is 18.7 Å². The zero-order valence-electron chi connectivity index (χ0n) is 12.0. The van der Waals surface area contributed by atoms with Gasteiger partial charge in [0, 0.05) is 12.6 Å². The molecule has 0 bridgehead atoms. The van der Waals surface area contributed by atoms with Crippen LogP contribution in [0.1, 0.15) is 31.7 Å². The van der Waals surface area contributed by atoms with Crippen LogP contribution in [0.15, 0.2) is 24.3 Å². The van der Waals surface area contributed by atoms with Crippen LogP contribution in [0.3, 0.4) is 0 Å². The molecule has 1 aliphatic rings. The van der Waals surface area contributed by atoms with Crippen molar-refractivity contribution in [1.29, 1.82) is 0 Å². The second-order valence-corrected chi connectivity index (χ2v) is 5.40. The lowest BCUT2D eigenvalue weighted by Crippen LogP contribution is -2.41. The van der Waals surface area contributed by atoms with Crippen LogP contribution in [0.4, 0.5) is 0 Å². The number of benzene rings is 1. The fourth-order valence-corrected chi connectivity index (χ4v) is 2.73. The molecule has 0 amide bonds. The summed E-state index contributed by atoms with van der Waals surface area (Å²) in [5, 5.41) is 0. The number of hydrogen-bond acceptors (Lipinski definition) is 3. The standard InChI is InChI=1S/C16H26N2O/c1-2-19-16-8-6-14(7-9-16)12-15(17)13-18-10-4-3-5-11-18/h6-9,15H,2-5,10-13,17H2,1H3. The number of nitrogens with two attached hydrogens (primary N) is 1. The van der Waals surface area contributed by atoms with Gasteiger partial charge in [0.25, 0.3) is 0 Å². The minimum atomic E-state index is 0.232. The topological polar surface area (TPSA) is 38.5 Å². The molecule has 0 spiro atoms. The van der Waals surface area contributed by atoms with E-state index in [0.29, 0.717) is 6.61 Å². The van der Waals surface area contributed by atoms with Crippen molar-refractivity contribution in [3.05, 3.63) is 29.8 Å². The van der Waals surface area contributed by atoms with Crippen molar-refractivity contribution >= 4 is 0 Å². The van der Waals surface area contributed by atoms with Crippen LogP contribution in [0, 0.1) is 0 Å². The van der Waals surface area contributed by atoms with Gasteiger partial charge in [-0.2, -0.15) is 0 Å². The molecule has 1 fully saturated rings. The van der Waals surface area contributed by atoms with Gasteiger partial charge in [-0.3, -0.25) is 0 Å². The fraction of sp³-hybridized carbons (Fsp3) is 0.625. The minimum Gasteiger partial charge on any atom is -0.494 e. The molecule has 1 aliphatic heterocycles. The van der Waals surface area contributed by atoms with E-state index in [-0.39, 0.29) is 6.04 Å². The Bertz CT molecular complexity index is 358. The number of nitrogens with zero attached hydrogens (tertiary/aromatic N) is 1. The molecule has 0 saturated carbocycles. The molecule has 106 valence electrons. The summed E-state index contributed by atoms with van der Waals surface area (Å²) in [5.74, 6) is 0.941. The van der Waals surface area contributed by atoms with Crippen LogP contribution in [-0.2, 0) is 6.42 Å². The first-order valence-electron chi connectivity index (χ1n) is 7.47. The molecule has 1 saturated heterocycles. The van der Waals surface area contributed by atoms with E-state index in [4.69, 9.17) is 10.5 Å². The van der Waals surface area contributed by atoms with Crippen molar-refractivity contribution < 1.29 is 4.74 Å². The first-order chi connectivity index (χ1) is 9.28. The Morgan fingerprint density at radius 1 is 1.16 bits per heavy atom. The average molecular weight is 262 g/mol. The summed E-state index contributed by atoms with van der Waals surface area (Å²) in [4.78, 5) is 2.50. The molecule has 19 heavy (non-hydrogen) atoms. The van der Waals surface area contributed by atoms with Gasteiger partial charge in [0.05, 0.1) is 6.61 Å². The normalized spacial score (nSPS) is 18.2. The van der Waals surface area contributed by atoms with E-state index < -0.39 is 0 Å². The first-order valence-corrected chi connectivity index (χ1v) is 7.47. The zero-order valence-corrected chi connectivity index (χ0v) is 12.0. The lowest BCUT2D eigenvalue weighted by molar-refractivity contribution is 0.215. The third kappa shape index (κ3) is 4.84. The Hall–Kier alpha value is -1.06. The predicted octanol–water partition coefficient (Wildman–Crippen LogP) is 2.44. The van der Waals surface area contributed by atoms with E-state index in [2.05, 4.69) is 17.0 Å². The first kappa shape index (κ1) is 14.4. The number of rotatable bonds is 6. The molecule has 0 radical (unpaired) electrons. The molecule has 0 aromatic heterocycles. The Morgan fingerprint density at radius 2 is 1.84 bits per heavy atom. The van der Waals surface area contributed by atoms with Gasteiger partial charge in [0.1, 0.15) is 5.75 Å². The van der Waals surface area contributed by atoms with Crippen molar-refractivity contribution in [2.45, 2.75) is 38.6 Å². The van der Waals surface area contributed by atoms with Crippen molar-refractivity contribution in [2.75, 3.05) is 26.2 Å². The maximum Gasteiger partial charge on any atom is 0.119 e. The highest BCUT2D eigenvalue weighted by Gasteiger charge is 2.13. The predicted molar refractivity (Wildman–Crippen MR) is 79.6 cm³/mol. The van der Waals surface area contributed by atoms with Gasteiger partial charge in [0.2, 0.25) is 0 Å². The van der Waals surface area contributed by atoms with E-state index in [1.807, 2.05) is 19.1 Å². The van der Waals surface area contributed by atoms with Crippen molar-refractivity contribution in [2.24, 2.45) is 5.73 Å². The van der Waals surface area contributed by atoms with E-state index >= 15 is 0 Å². The molecular weight excluding hydrogens is 236 g/mol. The lowest BCUT2D eigenvalue weighted by Gasteiger charge is -2.29.